The number of nitro groups is 1. The lowest BCUT2D eigenvalue weighted by Gasteiger charge is -2.44. The van der Waals surface area contributed by atoms with Gasteiger partial charge in [-0.3, -0.25) is 24.7 Å². The second-order valence-electron chi connectivity index (χ2n) is 12.2. The molecule has 11 heteroatoms. The molecule has 10 nitrogen and oxygen atoms in total. The first-order chi connectivity index (χ1) is 21.6. The molecule has 0 spiro atoms. The van der Waals surface area contributed by atoms with E-state index in [1.807, 2.05) is 30.3 Å². The first kappa shape index (κ1) is 30.4. The average Bonchev–Trinajstić information content (AvgIpc) is 3.28. The fraction of sp³-hybridized carbons (Fsp3) is 0.324. The zero-order valence-corrected chi connectivity index (χ0v) is 25.1. The molecule has 2 N–H and O–H groups in total. The number of allylic oxidation sites excluding steroid dienone is 2. The Morgan fingerprint density at radius 2 is 1.91 bits per heavy atom. The number of imide groups is 1. The maximum atomic E-state index is 14.0. The van der Waals surface area contributed by atoms with Crippen molar-refractivity contribution in [2.75, 3.05) is 4.90 Å². The van der Waals surface area contributed by atoms with Gasteiger partial charge in [0.05, 0.1) is 34.2 Å². The number of anilines is 1. The molecule has 4 atom stereocenters. The van der Waals surface area contributed by atoms with Gasteiger partial charge in [-0.25, -0.2) is 4.90 Å². The van der Waals surface area contributed by atoms with Gasteiger partial charge in [0.2, 0.25) is 11.8 Å². The topological polar surface area (TPSA) is 143 Å². The lowest BCUT2D eigenvalue weighted by atomic mass is 9.57. The van der Waals surface area contributed by atoms with Gasteiger partial charge in [0.15, 0.2) is 0 Å². The standard InChI is InChI=1S/C34H34BN3O7/c1-20(2)26-18-27-32(34(41)37(33(27)40)23-8-6-9-24(17-23)38(43)44)28-19-35(42)45-30(31(26)28)13-12-22(29-11-3-4-14-36-29)15-21-7-5-10-25(39)16-21/h3-11,14-17,20,27-28,30,32,39,42H,12-13,18-19H2,1-2H3/b22-15-/t27-,28+,30-,32-/m1/s1. The van der Waals surface area contributed by atoms with Gasteiger partial charge in [-0.1, -0.05) is 43.7 Å². The monoisotopic (exact) mass is 607 g/mol. The Hall–Kier alpha value is -4.61. The minimum absolute atomic E-state index is 0.0673. The number of nitro benzene ring substituents is 1. The van der Waals surface area contributed by atoms with E-state index in [1.165, 1.54) is 24.3 Å². The van der Waals surface area contributed by atoms with Crippen LogP contribution in [0.5, 0.6) is 5.75 Å². The van der Waals surface area contributed by atoms with E-state index in [0.717, 1.165) is 32.9 Å². The van der Waals surface area contributed by atoms with Gasteiger partial charge in [-0.15, -0.1) is 0 Å². The zero-order valence-electron chi connectivity index (χ0n) is 25.1. The number of hydrogen-bond donors (Lipinski definition) is 2. The lowest BCUT2D eigenvalue weighted by molar-refractivity contribution is -0.384. The molecule has 230 valence electrons. The maximum absolute atomic E-state index is 14.0. The zero-order chi connectivity index (χ0) is 31.8. The van der Waals surface area contributed by atoms with E-state index in [4.69, 9.17) is 4.65 Å². The Morgan fingerprint density at radius 1 is 1.11 bits per heavy atom. The van der Waals surface area contributed by atoms with Crippen molar-refractivity contribution in [1.29, 1.82) is 0 Å². The predicted molar refractivity (Wildman–Crippen MR) is 170 cm³/mol. The van der Waals surface area contributed by atoms with Crippen LogP contribution in [0, 0.1) is 33.8 Å². The lowest BCUT2D eigenvalue weighted by Crippen LogP contribution is -2.46. The Kier molecular flexibility index (Phi) is 8.39. The summed E-state index contributed by atoms with van der Waals surface area (Å²) >= 11 is 0. The molecule has 1 aliphatic carbocycles. The highest BCUT2D eigenvalue weighted by Crippen LogP contribution is 2.52. The average molecular weight is 607 g/mol. The van der Waals surface area contributed by atoms with Crippen molar-refractivity contribution >= 4 is 42.0 Å². The Balaban J connectivity index is 1.34. The summed E-state index contributed by atoms with van der Waals surface area (Å²) in [7, 11) is -1.13. The molecule has 0 unspecified atom stereocenters. The van der Waals surface area contributed by atoms with Crippen LogP contribution in [0.2, 0.25) is 6.32 Å². The minimum atomic E-state index is -1.13. The fourth-order valence-corrected chi connectivity index (χ4v) is 7.18. The number of non-ortho nitro benzene ring substituents is 1. The number of carbonyl (C=O) groups is 2. The first-order valence-corrected chi connectivity index (χ1v) is 15.2. The number of benzene rings is 2. The van der Waals surface area contributed by atoms with Gasteiger partial charge < -0.3 is 14.8 Å². The van der Waals surface area contributed by atoms with Gasteiger partial charge in [0, 0.05) is 18.3 Å². The normalized spacial score (nSPS) is 23.4. The molecule has 3 aliphatic rings. The molecular formula is C34H34BN3O7. The van der Waals surface area contributed by atoms with E-state index in [1.54, 1.807) is 24.4 Å². The number of aromatic nitrogens is 1. The Morgan fingerprint density at radius 3 is 2.62 bits per heavy atom. The number of aromatic hydroxyl groups is 1. The molecule has 3 aromatic rings. The third-order valence-corrected chi connectivity index (χ3v) is 9.12. The molecule has 2 saturated heterocycles. The molecule has 2 amide bonds. The summed E-state index contributed by atoms with van der Waals surface area (Å²) in [6.07, 6.45) is 4.79. The number of amides is 2. The van der Waals surface area contributed by atoms with Crippen LogP contribution in [0.15, 0.2) is 84.1 Å². The van der Waals surface area contributed by atoms with E-state index in [2.05, 4.69) is 18.8 Å². The summed E-state index contributed by atoms with van der Waals surface area (Å²) in [4.78, 5) is 44.3. The number of nitrogens with zero attached hydrogens (tertiary/aromatic N) is 3. The molecule has 1 aromatic heterocycles. The van der Waals surface area contributed by atoms with Crippen LogP contribution in [-0.4, -0.2) is 45.1 Å². The van der Waals surface area contributed by atoms with Crippen LogP contribution in [0.4, 0.5) is 11.4 Å². The minimum Gasteiger partial charge on any atom is -0.508 e. The van der Waals surface area contributed by atoms with Crippen molar-refractivity contribution in [3.8, 4) is 5.75 Å². The van der Waals surface area contributed by atoms with E-state index in [-0.39, 0.29) is 35.3 Å². The highest BCUT2D eigenvalue weighted by atomic mass is 16.6. The molecule has 0 radical (unpaired) electrons. The van der Waals surface area contributed by atoms with Crippen LogP contribution in [0.1, 0.15) is 44.4 Å². The molecule has 2 aliphatic heterocycles. The molecule has 2 aromatic carbocycles. The third kappa shape index (κ3) is 5.93. The Labute approximate surface area is 261 Å². The van der Waals surface area contributed by atoms with Crippen LogP contribution in [0.3, 0.4) is 0 Å². The molecule has 0 bridgehead atoms. The number of rotatable bonds is 8. The van der Waals surface area contributed by atoms with Crippen molar-refractivity contribution in [2.45, 2.75) is 45.5 Å². The van der Waals surface area contributed by atoms with E-state index < -0.39 is 41.8 Å². The predicted octanol–water partition coefficient (Wildman–Crippen LogP) is 5.67. The largest absolute Gasteiger partial charge is 0.508 e. The van der Waals surface area contributed by atoms with Crippen LogP contribution in [-0.2, 0) is 14.2 Å². The molecule has 3 heterocycles. The van der Waals surface area contributed by atoms with E-state index in [0.29, 0.717) is 19.3 Å². The van der Waals surface area contributed by atoms with Crippen LogP contribution in [0.25, 0.3) is 11.6 Å². The number of hydrogen-bond acceptors (Lipinski definition) is 8. The van der Waals surface area contributed by atoms with Gasteiger partial charge in [-0.2, -0.15) is 0 Å². The number of phenols is 1. The van der Waals surface area contributed by atoms with E-state index >= 15 is 0 Å². The van der Waals surface area contributed by atoms with Crippen molar-refractivity contribution in [1.82, 2.24) is 4.98 Å². The van der Waals surface area contributed by atoms with Crippen molar-refractivity contribution < 1.29 is 29.3 Å². The van der Waals surface area contributed by atoms with Crippen molar-refractivity contribution in [3.63, 3.8) is 0 Å². The smallest absolute Gasteiger partial charge is 0.455 e. The highest BCUT2D eigenvalue weighted by molar-refractivity contribution is 6.43. The maximum Gasteiger partial charge on any atom is 0.455 e. The molecule has 6 rings (SSSR count). The second-order valence-corrected chi connectivity index (χ2v) is 12.2. The molecule has 45 heavy (non-hydrogen) atoms. The van der Waals surface area contributed by atoms with E-state index in [9.17, 15) is 29.8 Å². The molecule has 2 fully saturated rings. The van der Waals surface area contributed by atoms with Crippen LogP contribution >= 0.6 is 0 Å². The first-order valence-electron chi connectivity index (χ1n) is 15.2. The number of fused-ring (bicyclic) bond motifs is 3. The summed E-state index contributed by atoms with van der Waals surface area (Å²) < 4.78 is 6.18. The quantitative estimate of drug-likeness (QED) is 0.110. The molecule has 0 saturated carbocycles. The highest BCUT2D eigenvalue weighted by Gasteiger charge is 2.58. The van der Waals surface area contributed by atoms with Gasteiger partial charge in [0.25, 0.3) is 5.69 Å². The van der Waals surface area contributed by atoms with Gasteiger partial charge >= 0.3 is 7.12 Å². The third-order valence-electron chi connectivity index (χ3n) is 9.12. The van der Waals surface area contributed by atoms with Crippen molar-refractivity contribution in [3.05, 3.63) is 105 Å². The SMILES string of the molecule is CC(C)C1=C2[C@@H](CC/C(=C/c3cccc(O)c3)c3ccccn3)OB(O)C[C@@H]2[C@@H]2C(=O)N(c3cccc([N+](=O)[O-])c3)C(=O)[C@@H]2C1. The number of carbonyl (C=O) groups excluding carboxylic acids is 2. The second kappa shape index (κ2) is 12.4. The molecular weight excluding hydrogens is 573 g/mol. The van der Waals surface area contributed by atoms with Gasteiger partial charge in [-0.05, 0) is 90.5 Å². The Bertz CT molecular complexity index is 1710. The number of pyridine rings is 1. The summed E-state index contributed by atoms with van der Waals surface area (Å²) in [5.41, 5.74) is 4.52. The fourth-order valence-electron chi connectivity index (χ4n) is 7.18. The van der Waals surface area contributed by atoms with Crippen molar-refractivity contribution in [2.24, 2.45) is 23.7 Å². The summed E-state index contributed by atoms with van der Waals surface area (Å²) in [5, 5.41) is 32.4. The van der Waals surface area contributed by atoms with Crippen LogP contribution < -0.4 is 4.90 Å². The number of phenolic OH excluding ortho intramolecular Hbond substituents is 1. The summed E-state index contributed by atoms with van der Waals surface area (Å²) in [6, 6.07) is 18.2. The summed E-state index contributed by atoms with van der Waals surface area (Å²) in [5.74, 6) is -2.28. The van der Waals surface area contributed by atoms with Gasteiger partial charge in [0.1, 0.15) is 5.75 Å². The summed E-state index contributed by atoms with van der Waals surface area (Å²) in [6.45, 7) is 4.12.